The summed E-state index contributed by atoms with van der Waals surface area (Å²) < 4.78 is 3.63. The Morgan fingerprint density at radius 3 is 2.48 bits per heavy atom. The van der Waals surface area contributed by atoms with Crippen LogP contribution >= 0.6 is 22.7 Å². The molecule has 0 saturated carbocycles. The fourth-order valence-electron chi connectivity index (χ4n) is 3.38. The molecular formula is C23H17N3OS2. The molecule has 0 unspecified atom stereocenters. The second-order valence-electron chi connectivity index (χ2n) is 6.78. The number of rotatable bonds is 5. The Morgan fingerprint density at radius 2 is 1.66 bits per heavy atom. The molecule has 0 saturated heterocycles. The maximum absolute atomic E-state index is 13.5. The minimum Gasteiger partial charge on any atom is -0.329 e. The Hall–Kier alpha value is -3.09. The topological polar surface area (TPSA) is 46.1 Å². The standard InChI is InChI=1S/C23H17N3OS2/c27-23(21-12-20-22(29-21)18-5-1-2-6-19(18)28-20)26(14-16-7-10-24-11-8-16)15-17-4-3-9-25-13-17/h1-13H,14-15H2. The highest BCUT2D eigenvalue weighted by Crippen LogP contribution is 2.39. The van der Waals surface area contributed by atoms with Crippen LogP contribution in [0.4, 0.5) is 0 Å². The van der Waals surface area contributed by atoms with Gasteiger partial charge in [-0.1, -0.05) is 24.3 Å². The molecule has 0 atom stereocenters. The zero-order valence-electron chi connectivity index (χ0n) is 15.5. The maximum atomic E-state index is 13.5. The van der Waals surface area contributed by atoms with E-state index in [1.807, 2.05) is 47.5 Å². The Balaban J connectivity index is 1.50. The molecule has 0 N–H and O–H groups in total. The van der Waals surface area contributed by atoms with Crippen molar-refractivity contribution in [3.63, 3.8) is 0 Å². The number of hydrogen-bond acceptors (Lipinski definition) is 5. The van der Waals surface area contributed by atoms with E-state index in [1.165, 1.54) is 19.5 Å². The number of amides is 1. The summed E-state index contributed by atoms with van der Waals surface area (Å²) in [5, 5.41) is 1.23. The van der Waals surface area contributed by atoms with Crippen LogP contribution in [-0.4, -0.2) is 20.8 Å². The number of fused-ring (bicyclic) bond motifs is 3. The summed E-state index contributed by atoms with van der Waals surface area (Å²) in [5.74, 6) is 0.0446. The first-order valence-electron chi connectivity index (χ1n) is 9.26. The van der Waals surface area contributed by atoms with Crippen LogP contribution in [0.1, 0.15) is 20.8 Å². The van der Waals surface area contributed by atoms with Gasteiger partial charge >= 0.3 is 0 Å². The van der Waals surface area contributed by atoms with Gasteiger partial charge in [0.2, 0.25) is 0 Å². The van der Waals surface area contributed by atoms with Crippen LogP contribution in [0.15, 0.2) is 79.4 Å². The van der Waals surface area contributed by atoms with Crippen molar-refractivity contribution in [1.82, 2.24) is 14.9 Å². The van der Waals surface area contributed by atoms with Crippen molar-refractivity contribution in [3.05, 3.63) is 95.4 Å². The zero-order valence-corrected chi connectivity index (χ0v) is 17.1. The number of benzene rings is 1. The lowest BCUT2D eigenvalue weighted by molar-refractivity contribution is 0.0735. The highest BCUT2D eigenvalue weighted by Gasteiger charge is 2.21. The third kappa shape index (κ3) is 3.64. The lowest BCUT2D eigenvalue weighted by Crippen LogP contribution is -2.29. The second kappa shape index (κ2) is 7.73. The summed E-state index contributed by atoms with van der Waals surface area (Å²) in [6.07, 6.45) is 7.08. The normalized spacial score (nSPS) is 11.2. The minimum atomic E-state index is 0.0446. The Labute approximate surface area is 176 Å². The average Bonchev–Trinajstić information content (AvgIpc) is 3.32. The fourth-order valence-corrected chi connectivity index (χ4v) is 5.87. The molecule has 4 aromatic heterocycles. The number of hydrogen-bond donors (Lipinski definition) is 0. The van der Waals surface area contributed by atoms with Crippen LogP contribution in [0.25, 0.3) is 19.5 Å². The van der Waals surface area contributed by atoms with E-state index in [0.717, 1.165) is 16.0 Å². The summed E-state index contributed by atoms with van der Waals surface area (Å²) in [6, 6.07) is 18.2. The Kier molecular flexibility index (Phi) is 4.79. The van der Waals surface area contributed by atoms with Crippen LogP contribution in [-0.2, 0) is 13.1 Å². The molecule has 0 aliphatic rings. The molecule has 0 spiro atoms. The summed E-state index contributed by atoms with van der Waals surface area (Å²) in [7, 11) is 0. The molecule has 1 aromatic carbocycles. The quantitative estimate of drug-likeness (QED) is 0.367. The average molecular weight is 416 g/mol. The van der Waals surface area contributed by atoms with Crippen LogP contribution in [0.2, 0.25) is 0 Å². The van der Waals surface area contributed by atoms with Gasteiger partial charge in [-0.2, -0.15) is 0 Å². The number of aromatic nitrogens is 2. The number of thiophene rings is 2. The number of carbonyl (C=O) groups excluding carboxylic acids is 1. The minimum absolute atomic E-state index is 0.0446. The lowest BCUT2D eigenvalue weighted by atomic mass is 10.2. The van der Waals surface area contributed by atoms with Gasteiger partial charge in [0, 0.05) is 52.7 Å². The van der Waals surface area contributed by atoms with Crippen LogP contribution < -0.4 is 0 Å². The Morgan fingerprint density at radius 1 is 0.828 bits per heavy atom. The van der Waals surface area contributed by atoms with E-state index in [4.69, 9.17) is 0 Å². The maximum Gasteiger partial charge on any atom is 0.264 e. The molecule has 5 rings (SSSR count). The number of nitrogens with zero attached hydrogens (tertiary/aromatic N) is 3. The first-order valence-corrected chi connectivity index (χ1v) is 10.9. The van der Waals surface area contributed by atoms with Crippen molar-refractivity contribution in [2.45, 2.75) is 13.1 Å². The van der Waals surface area contributed by atoms with Crippen molar-refractivity contribution < 1.29 is 4.79 Å². The Bertz CT molecular complexity index is 1240. The van der Waals surface area contributed by atoms with Crippen molar-refractivity contribution in [3.8, 4) is 0 Å². The van der Waals surface area contributed by atoms with Gasteiger partial charge in [-0.15, -0.1) is 22.7 Å². The van der Waals surface area contributed by atoms with E-state index in [-0.39, 0.29) is 5.91 Å². The SMILES string of the molecule is O=C(c1cc2sc3ccccc3c2s1)N(Cc1ccncc1)Cc1cccnc1. The highest BCUT2D eigenvalue weighted by molar-refractivity contribution is 7.33. The van der Waals surface area contributed by atoms with Gasteiger partial charge in [-0.05, 0) is 41.5 Å². The molecule has 0 bridgehead atoms. The summed E-state index contributed by atoms with van der Waals surface area (Å²) in [4.78, 5) is 24.4. The molecule has 0 radical (unpaired) electrons. The molecule has 0 fully saturated rings. The predicted octanol–water partition coefficient (Wildman–Crippen LogP) is 5.75. The molecule has 142 valence electrons. The van der Waals surface area contributed by atoms with Gasteiger partial charge < -0.3 is 4.90 Å². The van der Waals surface area contributed by atoms with Gasteiger partial charge in [0.15, 0.2) is 0 Å². The van der Waals surface area contributed by atoms with Gasteiger partial charge in [-0.25, -0.2) is 0 Å². The third-order valence-corrected chi connectivity index (χ3v) is 7.17. The molecule has 6 heteroatoms. The molecule has 1 amide bonds. The van der Waals surface area contributed by atoms with Crippen LogP contribution in [0.3, 0.4) is 0 Å². The van der Waals surface area contributed by atoms with Crippen LogP contribution in [0.5, 0.6) is 0 Å². The van der Waals surface area contributed by atoms with Gasteiger partial charge in [0.25, 0.3) is 5.91 Å². The fraction of sp³-hybridized carbons (Fsp3) is 0.0870. The van der Waals surface area contributed by atoms with E-state index in [1.54, 1.807) is 41.3 Å². The van der Waals surface area contributed by atoms with Gasteiger partial charge in [0.1, 0.15) is 0 Å². The summed E-state index contributed by atoms with van der Waals surface area (Å²) in [5.41, 5.74) is 2.07. The smallest absolute Gasteiger partial charge is 0.264 e. The monoisotopic (exact) mass is 415 g/mol. The van der Waals surface area contributed by atoms with E-state index in [0.29, 0.717) is 13.1 Å². The molecule has 0 aliphatic heterocycles. The molecular weight excluding hydrogens is 398 g/mol. The van der Waals surface area contributed by atoms with Gasteiger partial charge in [0.05, 0.1) is 9.58 Å². The van der Waals surface area contributed by atoms with E-state index in [2.05, 4.69) is 28.2 Å². The molecule has 0 aliphatic carbocycles. The molecule has 4 nitrogen and oxygen atoms in total. The largest absolute Gasteiger partial charge is 0.329 e. The highest BCUT2D eigenvalue weighted by atomic mass is 32.1. The first kappa shape index (κ1) is 18.0. The molecule has 5 aromatic rings. The lowest BCUT2D eigenvalue weighted by Gasteiger charge is -2.22. The number of pyridine rings is 2. The molecule has 29 heavy (non-hydrogen) atoms. The molecule has 4 heterocycles. The van der Waals surface area contributed by atoms with Crippen molar-refractivity contribution >= 4 is 48.1 Å². The van der Waals surface area contributed by atoms with Crippen molar-refractivity contribution in [2.24, 2.45) is 0 Å². The third-order valence-electron chi connectivity index (χ3n) is 4.77. The van der Waals surface area contributed by atoms with Crippen molar-refractivity contribution in [1.29, 1.82) is 0 Å². The van der Waals surface area contributed by atoms with Gasteiger partial charge in [-0.3, -0.25) is 14.8 Å². The van der Waals surface area contributed by atoms with E-state index in [9.17, 15) is 4.79 Å². The van der Waals surface area contributed by atoms with Crippen LogP contribution in [0, 0.1) is 0 Å². The van der Waals surface area contributed by atoms with E-state index < -0.39 is 0 Å². The second-order valence-corrected chi connectivity index (χ2v) is 8.92. The first-order chi connectivity index (χ1) is 14.3. The summed E-state index contributed by atoms with van der Waals surface area (Å²) >= 11 is 3.32. The van der Waals surface area contributed by atoms with Crippen molar-refractivity contribution in [2.75, 3.05) is 0 Å². The summed E-state index contributed by atoms with van der Waals surface area (Å²) in [6.45, 7) is 1.05. The number of carbonyl (C=O) groups is 1. The van der Waals surface area contributed by atoms with E-state index >= 15 is 0 Å². The predicted molar refractivity (Wildman–Crippen MR) is 119 cm³/mol. The zero-order chi connectivity index (χ0) is 19.6.